The van der Waals surface area contributed by atoms with Gasteiger partial charge in [-0.15, -0.1) is 0 Å². The van der Waals surface area contributed by atoms with Crippen LogP contribution in [-0.2, 0) is 4.74 Å². The monoisotopic (exact) mass is 472 g/mol. The summed E-state index contributed by atoms with van der Waals surface area (Å²) in [5.74, 6) is 1.24. The lowest BCUT2D eigenvalue weighted by Gasteiger charge is -2.23. The van der Waals surface area contributed by atoms with E-state index in [-0.39, 0.29) is 18.4 Å². The number of aromatic nitrogens is 2. The van der Waals surface area contributed by atoms with Gasteiger partial charge >= 0.3 is 6.09 Å². The molecule has 0 spiro atoms. The number of rotatable bonds is 8. The van der Waals surface area contributed by atoms with Gasteiger partial charge in [-0.1, -0.05) is 43.4 Å². The highest BCUT2D eigenvalue weighted by Gasteiger charge is 2.38. The minimum Gasteiger partial charge on any atom is -0.447 e. The van der Waals surface area contributed by atoms with Crippen LogP contribution in [0.5, 0.6) is 0 Å². The Morgan fingerprint density at radius 1 is 1.30 bits per heavy atom. The molecule has 8 nitrogen and oxygen atoms in total. The van der Waals surface area contributed by atoms with Gasteiger partial charge in [0, 0.05) is 18.2 Å². The maximum absolute atomic E-state index is 12.7. The number of ether oxygens (including phenoxy) is 1. The van der Waals surface area contributed by atoms with E-state index in [1.54, 1.807) is 31.3 Å². The van der Waals surface area contributed by atoms with Gasteiger partial charge in [-0.2, -0.15) is 4.98 Å². The minimum atomic E-state index is -0.765. The highest BCUT2D eigenvalue weighted by Crippen LogP contribution is 2.31. The van der Waals surface area contributed by atoms with Crippen molar-refractivity contribution in [2.24, 2.45) is 5.92 Å². The number of aliphatic hydroxyl groups is 1. The summed E-state index contributed by atoms with van der Waals surface area (Å²) in [5.41, 5.74) is 1.45. The van der Waals surface area contributed by atoms with E-state index in [4.69, 9.17) is 16.3 Å². The topological polar surface area (TPSA) is 105 Å². The van der Waals surface area contributed by atoms with Crippen LogP contribution in [0.25, 0.3) is 0 Å². The van der Waals surface area contributed by atoms with E-state index in [0.29, 0.717) is 34.7 Å². The molecule has 0 unspecified atom stereocenters. The summed E-state index contributed by atoms with van der Waals surface area (Å²) in [7, 11) is 0. The fourth-order valence-electron chi connectivity index (χ4n) is 4.50. The third-order valence-electron chi connectivity index (χ3n) is 6.44. The van der Waals surface area contributed by atoms with Gasteiger partial charge in [-0.25, -0.2) is 9.78 Å². The molecule has 176 valence electrons. The fourth-order valence-corrected chi connectivity index (χ4v) is 4.79. The van der Waals surface area contributed by atoms with Crippen LogP contribution in [0, 0.1) is 5.92 Å². The third-order valence-corrected chi connectivity index (χ3v) is 6.75. The van der Waals surface area contributed by atoms with Gasteiger partial charge < -0.3 is 15.2 Å². The maximum Gasteiger partial charge on any atom is 0.416 e. The van der Waals surface area contributed by atoms with Gasteiger partial charge in [0.25, 0.3) is 0 Å². The van der Waals surface area contributed by atoms with Gasteiger partial charge in [0.15, 0.2) is 5.78 Å². The third kappa shape index (κ3) is 5.28. The smallest absolute Gasteiger partial charge is 0.416 e. The van der Waals surface area contributed by atoms with E-state index in [2.05, 4.69) is 15.3 Å². The standard InChI is InChI=1S/C24H29ClN4O4/c1-14(17-7-8-18(19(25)12-17)21(31)11-16-5-3-4-6-16)27-23-26-10-9-22(28-23)29-20(15(2)30)13-33-24(29)32/h7-10,12,14-16,20,30H,3-6,11,13H2,1-2H3,(H,26,27,28)/t14-,15+,20+/m0/s1. The van der Waals surface area contributed by atoms with Crippen LogP contribution >= 0.6 is 11.6 Å². The molecule has 2 aromatic rings. The molecule has 1 aromatic heterocycles. The molecule has 0 bridgehead atoms. The molecule has 1 aromatic carbocycles. The van der Waals surface area contributed by atoms with Gasteiger partial charge in [-0.3, -0.25) is 9.69 Å². The number of nitrogens with zero attached hydrogens (tertiary/aromatic N) is 3. The molecule has 1 amide bonds. The Bertz CT molecular complexity index is 1030. The molecule has 1 aliphatic carbocycles. The van der Waals surface area contributed by atoms with Crippen molar-refractivity contribution in [3.8, 4) is 0 Å². The second kappa shape index (κ2) is 10.1. The van der Waals surface area contributed by atoms with Crippen LogP contribution in [0.15, 0.2) is 30.5 Å². The Morgan fingerprint density at radius 3 is 2.76 bits per heavy atom. The van der Waals surface area contributed by atoms with Crippen LogP contribution in [0.3, 0.4) is 0 Å². The van der Waals surface area contributed by atoms with Crippen LogP contribution in [0.2, 0.25) is 5.02 Å². The quantitative estimate of drug-likeness (QED) is 0.533. The summed E-state index contributed by atoms with van der Waals surface area (Å²) in [4.78, 5) is 34.8. The number of anilines is 2. The van der Waals surface area contributed by atoms with Crippen molar-refractivity contribution < 1.29 is 19.4 Å². The molecular formula is C24H29ClN4O4. The van der Waals surface area contributed by atoms with Crippen molar-refractivity contribution in [1.82, 2.24) is 9.97 Å². The zero-order valence-corrected chi connectivity index (χ0v) is 19.6. The average Bonchev–Trinajstić information content (AvgIpc) is 3.43. The minimum absolute atomic E-state index is 0.0975. The molecule has 3 atom stereocenters. The number of benzene rings is 1. The van der Waals surface area contributed by atoms with Gasteiger partial charge in [0.2, 0.25) is 5.95 Å². The number of nitrogens with one attached hydrogen (secondary N) is 1. The van der Waals surface area contributed by atoms with Crippen molar-refractivity contribution in [1.29, 1.82) is 0 Å². The zero-order chi connectivity index (χ0) is 23.5. The number of carbonyl (C=O) groups is 2. The first kappa shape index (κ1) is 23.4. The zero-order valence-electron chi connectivity index (χ0n) is 18.8. The molecule has 2 N–H and O–H groups in total. The first-order chi connectivity index (χ1) is 15.8. The van der Waals surface area contributed by atoms with Crippen molar-refractivity contribution in [3.63, 3.8) is 0 Å². The molecule has 1 saturated heterocycles. The van der Waals surface area contributed by atoms with E-state index in [0.717, 1.165) is 18.4 Å². The normalized spacial score (nSPS) is 20.5. The summed E-state index contributed by atoms with van der Waals surface area (Å²) in [6.45, 7) is 3.64. The number of hydrogen-bond donors (Lipinski definition) is 2. The first-order valence-electron chi connectivity index (χ1n) is 11.4. The average molecular weight is 473 g/mol. The van der Waals surface area contributed by atoms with Crippen molar-refractivity contribution in [2.75, 3.05) is 16.8 Å². The van der Waals surface area contributed by atoms with Crippen LogP contribution in [-0.4, -0.2) is 45.7 Å². The van der Waals surface area contributed by atoms with Gasteiger partial charge in [0.1, 0.15) is 18.5 Å². The Hall–Kier alpha value is -2.71. The molecule has 1 aliphatic heterocycles. The highest BCUT2D eigenvalue weighted by atomic mass is 35.5. The molecule has 2 fully saturated rings. The molecule has 0 radical (unpaired) electrons. The number of hydrogen-bond acceptors (Lipinski definition) is 7. The molecule has 4 rings (SSSR count). The lowest BCUT2D eigenvalue weighted by atomic mass is 9.96. The second-order valence-electron chi connectivity index (χ2n) is 8.88. The van der Waals surface area contributed by atoms with Gasteiger partial charge in [-0.05, 0) is 43.5 Å². The predicted octanol–water partition coefficient (Wildman–Crippen LogP) is 4.77. The van der Waals surface area contributed by atoms with Crippen molar-refractivity contribution in [2.45, 2.75) is 64.1 Å². The van der Waals surface area contributed by atoms with Crippen molar-refractivity contribution in [3.05, 3.63) is 46.6 Å². The molecule has 2 heterocycles. The Kier molecular flexibility index (Phi) is 7.14. The molecular weight excluding hydrogens is 444 g/mol. The SMILES string of the molecule is C[C@H](Nc1nccc(N2C(=O)OC[C@@H]2[C@@H](C)O)n1)c1ccc(C(=O)CC2CCCC2)c(Cl)c1. The maximum atomic E-state index is 12.7. The Labute approximate surface area is 198 Å². The Balaban J connectivity index is 1.45. The largest absolute Gasteiger partial charge is 0.447 e. The van der Waals surface area contributed by atoms with E-state index in [9.17, 15) is 14.7 Å². The number of halogens is 1. The summed E-state index contributed by atoms with van der Waals surface area (Å²) in [5, 5.41) is 13.6. The number of carbonyl (C=O) groups excluding carboxylic acids is 2. The number of Topliss-reactive ketones (excluding diaryl/α,β-unsaturated/α-hetero) is 1. The van der Waals surface area contributed by atoms with Crippen LogP contribution in [0.1, 0.15) is 67.9 Å². The van der Waals surface area contributed by atoms with Crippen LogP contribution < -0.4 is 10.2 Å². The lowest BCUT2D eigenvalue weighted by Crippen LogP contribution is -2.41. The predicted molar refractivity (Wildman–Crippen MR) is 126 cm³/mol. The van der Waals surface area contributed by atoms with Crippen LogP contribution in [0.4, 0.5) is 16.6 Å². The van der Waals surface area contributed by atoms with Gasteiger partial charge in [0.05, 0.1) is 17.2 Å². The number of ketones is 1. The molecule has 9 heteroatoms. The summed E-state index contributed by atoms with van der Waals surface area (Å²) < 4.78 is 5.07. The second-order valence-corrected chi connectivity index (χ2v) is 9.28. The number of aliphatic hydroxyl groups excluding tert-OH is 1. The first-order valence-corrected chi connectivity index (χ1v) is 11.8. The number of amides is 1. The highest BCUT2D eigenvalue weighted by molar-refractivity contribution is 6.34. The fraction of sp³-hybridized carbons (Fsp3) is 0.500. The van der Waals surface area contributed by atoms with E-state index in [1.165, 1.54) is 17.7 Å². The summed E-state index contributed by atoms with van der Waals surface area (Å²) >= 11 is 6.47. The van der Waals surface area contributed by atoms with E-state index >= 15 is 0 Å². The summed E-state index contributed by atoms with van der Waals surface area (Å²) in [6.07, 6.45) is 5.43. The number of cyclic esters (lactones) is 1. The molecule has 1 saturated carbocycles. The van der Waals surface area contributed by atoms with E-state index < -0.39 is 18.2 Å². The van der Waals surface area contributed by atoms with Crippen molar-refractivity contribution >= 4 is 35.2 Å². The summed E-state index contributed by atoms with van der Waals surface area (Å²) in [6, 6.07) is 6.36. The lowest BCUT2D eigenvalue weighted by molar-refractivity contribution is 0.0962. The Morgan fingerprint density at radius 2 is 2.06 bits per heavy atom. The molecule has 2 aliphatic rings. The molecule has 33 heavy (non-hydrogen) atoms. The van der Waals surface area contributed by atoms with E-state index in [1.807, 2.05) is 13.0 Å².